The molecule has 0 spiro atoms. The van der Waals surface area contributed by atoms with Gasteiger partial charge in [0, 0.05) is 30.4 Å². The number of carbonyl (C=O) groups is 2. The summed E-state index contributed by atoms with van der Waals surface area (Å²) in [6.07, 6.45) is 6.16. The van der Waals surface area contributed by atoms with Gasteiger partial charge in [-0.05, 0) is 43.4 Å². The Balaban J connectivity index is 1.42. The first-order valence-corrected chi connectivity index (χ1v) is 8.24. The van der Waals surface area contributed by atoms with E-state index in [1.165, 1.54) is 0 Å². The topological polar surface area (TPSA) is 82.5 Å². The summed E-state index contributed by atoms with van der Waals surface area (Å²) in [5, 5.41) is 12.0. The molecule has 1 aromatic heterocycles. The van der Waals surface area contributed by atoms with Crippen molar-refractivity contribution in [2.24, 2.45) is 5.92 Å². The quantitative estimate of drug-likeness (QED) is 0.790. The van der Waals surface area contributed by atoms with Gasteiger partial charge >= 0.3 is 5.97 Å². The van der Waals surface area contributed by atoms with Crippen molar-refractivity contribution >= 4 is 11.9 Å². The zero-order chi connectivity index (χ0) is 16.4. The molecule has 6 heteroatoms. The molecule has 1 heterocycles. The third kappa shape index (κ3) is 3.69. The van der Waals surface area contributed by atoms with Crippen molar-refractivity contribution < 1.29 is 14.7 Å². The van der Waals surface area contributed by atoms with Crippen LogP contribution in [0.1, 0.15) is 37.7 Å². The highest BCUT2D eigenvalue weighted by Gasteiger charge is 2.45. The fourth-order valence-electron chi connectivity index (χ4n) is 3.43. The Morgan fingerprint density at radius 3 is 2.78 bits per heavy atom. The Morgan fingerprint density at radius 1 is 1.39 bits per heavy atom. The Labute approximate surface area is 135 Å². The predicted molar refractivity (Wildman–Crippen MR) is 84.9 cm³/mol. The number of amides is 1. The summed E-state index contributed by atoms with van der Waals surface area (Å²) >= 11 is 0. The molecular weight excluding hydrogens is 294 g/mol. The van der Waals surface area contributed by atoms with Crippen molar-refractivity contribution in [3.8, 4) is 0 Å². The average Bonchev–Trinajstić information content (AvgIpc) is 3.29. The van der Waals surface area contributed by atoms with Gasteiger partial charge in [-0.15, -0.1) is 0 Å². The maximum Gasteiger partial charge on any atom is 0.317 e. The number of hydrogen-bond donors (Lipinski definition) is 2. The standard InChI is InChI=1S/C17H23N3O3/c1-2-20(10-16(21)22)13-6-12(7-13)19-17(23)15-8-14(15)11-4-3-5-18-9-11/h3-5,9,12-15H,2,6-8,10H2,1H3,(H,19,23)(H,21,22). The minimum Gasteiger partial charge on any atom is -0.480 e. The molecule has 0 saturated heterocycles. The van der Waals surface area contributed by atoms with Crippen LogP contribution in [0.15, 0.2) is 24.5 Å². The molecule has 0 bridgehead atoms. The van der Waals surface area contributed by atoms with Gasteiger partial charge in [-0.3, -0.25) is 19.5 Å². The first-order chi connectivity index (χ1) is 11.1. The number of nitrogens with zero attached hydrogens (tertiary/aromatic N) is 2. The van der Waals surface area contributed by atoms with E-state index in [-0.39, 0.29) is 30.5 Å². The van der Waals surface area contributed by atoms with Crippen molar-refractivity contribution in [1.82, 2.24) is 15.2 Å². The Hall–Kier alpha value is -1.95. The molecule has 0 radical (unpaired) electrons. The van der Waals surface area contributed by atoms with Crippen LogP contribution in [0.2, 0.25) is 0 Å². The normalized spacial score (nSPS) is 29.0. The summed E-state index contributed by atoms with van der Waals surface area (Å²) in [6.45, 7) is 2.77. The molecule has 2 unspecified atom stereocenters. The van der Waals surface area contributed by atoms with Crippen LogP contribution in [0.5, 0.6) is 0 Å². The molecule has 2 fully saturated rings. The highest BCUT2D eigenvalue weighted by atomic mass is 16.4. The van der Waals surface area contributed by atoms with Gasteiger partial charge in [-0.2, -0.15) is 0 Å². The lowest BCUT2D eigenvalue weighted by Gasteiger charge is -2.42. The van der Waals surface area contributed by atoms with E-state index in [1.54, 1.807) is 6.20 Å². The highest BCUT2D eigenvalue weighted by molar-refractivity contribution is 5.83. The molecule has 2 atom stereocenters. The van der Waals surface area contributed by atoms with E-state index in [9.17, 15) is 9.59 Å². The largest absolute Gasteiger partial charge is 0.480 e. The van der Waals surface area contributed by atoms with E-state index in [2.05, 4.69) is 10.3 Å². The van der Waals surface area contributed by atoms with E-state index >= 15 is 0 Å². The van der Waals surface area contributed by atoms with Crippen molar-refractivity contribution in [2.75, 3.05) is 13.1 Å². The molecule has 2 N–H and O–H groups in total. The van der Waals surface area contributed by atoms with E-state index < -0.39 is 5.97 Å². The fourth-order valence-corrected chi connectivity index (χ4v) is 3.43. The second-order valence-corrected chi connectivity index (χ2v) is 6.52. The number of aromatic nitrogens is 1. The zero-order valence-electron chi connectivity index (χ0n) is 13.3. The number of pyridine rings is 1. The van der Waals surface area contributed by atoms with Crippen LogP contribution in [-0.4, -0.2) is 52.0 Å². The van der Waals surface area contributed by atoms with E-state index in [4.69, 9.17) is 5.11 Å². The summed E-state index contributed by atoms with van der Waals surface area (Å²) in [4.78, 5) is 29.2. The van der Waals surface area contributed by atoms with Crippen LogP contribution in [0, 0.1) is 5.92 Å². The van der Waals surface area contributed by atoms with Crippen molar-refractivity contribution in [3.05, 3.63) is 30.1 Å². The number of nitrogens with one attached hydrogen (secondary N) is 1. The van der Waals surface area contributed by atoms with Crippen LogP contribution >= 0.6 is 0 Å². The summed E-state index contributed by atoms with van der Waals surface area (Å²) in [5.41, 5.74) is 1.14. The monoisotopic (exact) mass is 317 g/mol. The second-order valence-electron chi connectivity index (χ2n) is 6.52. The van der Waals surface area contributed by atoms with Crippen LogP contribution in [0.4, 0.5) is 0 Å². The lowest BCUT2D eigenvalue weighted by atomic mass is 9.85. The van der Waals surface area contributed by atoms with Gasteiger partial charge in [0.2, 0.25) is 5.91 Å². The molecule has 2 saturated carbocycles. The van der Waals surface area contributed by atoms with Gasteiger partial charge in [0.1, 0.15) is 0 Å². The number of carboxylic acids is 1. The first-order valence-electron chi connectivity index (χ1n) is 8.24. The number of aliphatic carboxylic acids is 1. The molecule has 2 aliphatic rings. The average molecular weight is 317 g/mol. The number of likely N-dealkylation sites (N-methyl/N-ethyl adjacent to an activating group) is 1. The SMILES string of the molecule is CCN(CC(=O)O)C1CC(NC(=O)C2CC2c2cccnc2)C1. The van der Waals surface area contributed by atoms with E-state index in [0.717, 1.165) is 31.4 Å². The Kier molecular flexibility index (Phi) is 4.61. The summed E-state index contributed by atoms with van der Waals surface area (Å²) in [6, 6.07) is 4.39. The van der Waals surface area contributed by atoms with Gasteiger partial charge in [-0.1, -0.05) is 13.0 Å². The molecule has 124 valence electrons. The molecule has 0 aromatic carbocycles. The Morgan fingerprint density at radius 2 is 2.17 bits per heavy atom. The molecule has 6 nitrogen and oxygen atoms in total. The van der Waals surface area contributed by atoms with Crippen molar-refractivity contribution in [1.29, 1.82) is 0 Å². The molecular formula is C17H23N3O3. The third-order valence-corrected chi connectivity index (χ3v) is 4.96. The second kappa shape index (κ2) is 6.66. The highest BCUT2D eigenvalue weighted by Crippen LogP contribution is 2.47. The summed E-state index contributed by atoms with van der Waals surface area (Å²) < 4.78 is 0. The lowest BCUT2D eigenvalue weighted by molar-refractivity contribution is -0.139. The Bertz CT molecular complexity index is 572. The fraction of sp³-hybridized carbons (Fsp3) is 0.588. The van der Waals surface area contributed by atoms with Gasteiger partial charge in [0.15, 0.2) is 0 Å². The summed E-state index contributed by atoms with van der Waals surface area (Å²) in [7, 11) is 0. The minimum absolute atomic E-state index is 0.0690. The smallest absolute Gasteiger partial charge is 0.317 e. The molecule has 23 heavy (non-hydrogen) atoms. The van der Waals surface area contributed by atoms with E-state index in [0.29, 0.717) is 5.92 Å². The third-order valence-electron chi connectivity index (χ3n) is 4.96. The summed E-state index contributed by atoms with van der Waals surface area (Å²) in [5.74, 6) is -0.293. The molecule has 1 aromatic rings. The first kappa shape index (κ1) is 15.9. The van der Waals surface area contributed by atoms with E-state index in [1.807, 2.05) is 30.2 Å². The van der Waals surface area contributed by atoms with Crippen LogP contribution in [0.25, 0.3) is 0 Å². The van der Waals surface area contributed by atoms with Crippen molar-refractivity contribution in [2.45, 2.75) is 44.2 Å². The maximum absolute atomic E-state index is 12.3. The van der Waals surface area contributed by atoms with Crippen LogP contribution in [0.3, 0.4) is 0 Å². The van der Waals surface area contributed by atoms with Gasteiger partial charge < -0.3 is 10.4 Å². The van der Waals surface area contributed by atoms with Crippen molar-refractivity contribution in [3.63, 3.8) is 0 Å². The number of carbonyl (C=O) groups excluding carboxylic acids is 1. The van der Waals surface area contributed by atoms with Gasteiger partial charge in [-0.25, -0.2) is 0 Å². The molecule has 1 amide bonds. The van der Waals surface area contributed by atoms with Crippen LogP contribution in [-0.2, 0) is 9.59 Å². The van der Waals surface area contributed by atoms with Gasteiger partial charge in [0.05, 0.1) is 6.54 Å². The predicted octanol–water partition coefficient (Wildman–Crippen LogP) is 1.24. The lowest BCUT2D eigenvalue weighted by Crippen LogP contribution is -2.55. The number of carboxylic acid groups (broad SMARTS) is 1. The zero-order valence-corrected chi connectivity index (χ0v) is 13.3. The molecule has 2 aliphatic carbocycles. The maximum atomic E-state index is 12.3. The molecule has 0 aliphatic heterocycles. The number of hydrogen-bond acceptors (Lipinski definition) is 4. The minimum atomic E-state index is -0.795. The number of rotatable bonds is 7. The van der Waals surface area contributed by atoms with Gasteiger partial charge in [0.25, 0.3) is 0 Å². The van der Waals surface area contributed by atoms with Crippen LogP contribution < -0.4 is 5.32 Å². The molecule has 3 rings (SSSR count).